The number of nitrogens with one attached hydrogen (secondary N) is 2. The second kappa shape index (κ2) is 10.2. The topological polar surface area (TPSA) is 69.1 Å². The summed E-state index contributed by atoms with van der Waals surface area (Å²) in [7, 11) is 0. The number of carbonyl (C=O) groups excluding carboxylic acids is 2. The Balaban J connectivity index is 1.76. The summed E-state index contributed by atoms with van der Waals surface area (Å²) in [6, 6.07) is 7.51. The minimum Gasteiger partial charge on any atom is -0.452 e. The summed E-state index contributed by atoms with van der Waals surface area (Å²) >= 11 is 0. The van der Waals surface area contributed by atoms with Crippen molar-refractivity contribution in [2.75, 3.05) is 32.9 Å². The fraction of sp³-hybridized carbons (Fsp3) is 0.579. The summed E-state index contributed by atoms with van der Waals surface area (Å²) in [6.45, 7) is 8.32. The second-order valence-electron chi connectivity index (χ2n) is 6.57. The Hall–Kier alpha value is -1.92. The number of benzene rings is 1. The van der Waals surface area contributed by atoms with E-state index in [0.29, 0.717) is 5.56 Å². The highest BCUT2D eigenvalue weighted by atomic mass is 16.5. The Kier molecular flexibility index (Phi) is 7.88. The van der Waals surface area contributed by atoms with Crippen LogP contribution in [-0.2, 0) is 20.8 Å². The van der Waals surface area contributed by atoms with Gasteiger partial charge in [-0.05, 0) is 25.5 Å². The Labute approximate surface area is 149 Å². The Morgan fingerprint density at radius 1 is 1.24 bits per heavy atom. The van der Waals surface area contributed by atoms with Crippen LogP contribution in [0.3, 0.4) is 0 Å². The van der Waals surface area contributed by atoms with Crippen LogP contribution >= 0.6 is 0 Å². The van der Waals surface area contributed by atoms with Gasteiger partial charge in [0, 0.05) is 11.6 Å². The Morgan fingerprint density at radius 2 is 1.92 bits per heavy atom. The number of rotatable bonds is 8. The standard InChI is InChI=1S/C19H28N2O4/c1-3-4-15(2)20-18(22)14-25-19(23)17-7-5-16(6-8-17)13-21-9-11-24-12-10-21/h5-8,15H,3-4,9-14H2,1-2H3,(H,20,22)/p+1/t15-/m0/s1. The summed E-state index contributed by atoms with van der Waals surface area (Å²) in [5.41, 5.74) is 1.65. The smallest absolute Gasteiger partial charge is 0.338 e. The lowest BCUT2D eigenvalue weighted by Gasteiger charge is -2.23. The summed E-state index contributed by atoms with van der Waals surface area (Å²) in [5.74, 6) is -0.731. The number of hydrogen-bond acceptors (Lipinski definition) is 4. The van der Waals surface area contributed by atoms with Crippen molar-refractivity contribution in [3.63, 3.8) is 0 Å². The molecule has 0 unspecified atom stereocenters. The third-order valence-corrected chi connectivity index (χ3v) is 4.31. The fourth-order valence-electron chi connectivity index (χ4n) is 2.92. The zero-order chi connectivity index (χ0) is 18.1. The molecule has 0 bridgehead atoms. The molecule has 0 saturated carbocycles. The fourth-order valence-corrected chi connectivity index (χ4v) is 2.92. The maximum atomic E-state index is 12.0. The van der Waals surface area contributed by atoms with Gasteiger partial charge in [-0.3, -0.25) is 4.79 Å². The highest BCUT2D eigenvalue weighted by Crippen LogP contribution is 2.06. The van der Waals surface area contributed by atoms with E-state index in [0.717, 1.165) is 45.7 Å². The van der Waals surface area contributed by atoms with Gasteiger partial charge in [0.2, 0.25) is 0 Å². The summed E-state index contributed by atoms with van der Waals surface area (Å²) in [5, 5.41) is 2.81. The maximum absolute atomic E-state index is 12.0. The SMILES string of the molecule is CCC[C@H](C)NC(=O)COC(=O)c1ccc(C[NH+]2CCOCC2)cc1. The van der Waals surface area contributed by atoms with Crippen molar-refractivity contribution < 1.29 is 24.0 Å². The normalized spacial score (nSPS) is 16.2. The molecule has 6 nitrogen and oxygen atoms in total. The highest BCUT2D eigenvalue weighted by Gasteiger charge is 2.15. The van der Waals surface area contributed by atoms with E-state index in [1.165, 1.54) is 10.5 Å². The average Bonchev–Trinajstić information content (AvgIpc) is 2.61. The third-order valence-electron chi connectivity index (χ3n) is 4.31. The quantitative estimate of drug-likeness (QED) is 0.673. The van der Waals surface area contributed by atoms with Gasteiger partial charge < -0.3 is 19.7 Å². The molecule has 1 heterocycles. The lowest BCUT2D eigenvalue weighted by molar-refractivity contribution is -0.921. The van der Waals surface area contributed by atoms with Gasteiger partial charge in [-0.1, -0.05) is 25.5 Å². The minimum atomic E-state index is -0.469. The van der Waals surface area contributed by atoms with E-state index in [4.69, 9.17) is 9.47 Å². The number of quaternary nitrogens is 1. The van der Waals surface area contributed by atoms with Crippen molar-refractivity contribution in [2.24, 2.45) is 0 Å². The van der Waals surface area contributed by atoms with Crippen LogP contribution in [0, 0.1) is 0 Å². The number of hydrogen-bond donors (Lipinski definition) is 2. The number of amides is 1. The molecule has 6 heteroatoms. The van der Waals surface area contributed by atoms with E-state index in [1.54, 1.807) is 12.1 Å². The maximum Gasteiger partial charge on any atom is 0.338 e. The van der Waals surface area contributed by atoms with Gasteiger partial charge in [0.1, 0.15) is 19.6 Å². The molecule has 1 aliphatic heterocycles. The van der Waals surface area contributed by atoms with Gasteiger partial charge in [-0.25, -0.2) is 4.79 Å². The van der Waals surface area contributed by atoms with E-state index in [2.05, 4.69) is 12.2 Å². The van der Waals surface area contributed by atoms with Crippen molar-refractivity contribution in [3.8, 4) is 0 Å². The molecule has 0 aliphatic carbocycles. The number of ether oxygens (including phenoxy) is 2. The molecule has 1 saturated heterocycles. The van der Waals surface area contributed by atoms with E-state index in [1.807, 2.05) is 19.1 Å². The van der Waals surface area contributed by atoms with E-state index in [-0.39, 0.29) is 18.6 Å². The van der Waals surface area contributed by atoms with Crippen molar-refractivity contribution in [1.29, 1.82) is 0 Å². The summed E-state index contributed by atoms with van der Waals surface area (Å²) in [6.07, 6.45) is 1.91. The van der Waals surface area contributed by atoms with Crippen LogP contribution < -0.4 is 10.2 Å². The molecular weight excluding hydrogens is 320 g/mol. The zero-order valence-electron chi connectivity index (χ0n) is 15.2. The van der Waals surface area contributed by atoms with Crippen LogP contribution in [0.25, 0.3) is 0 Å². The minimum absolute atomic E-state index is 0.0955. The van der Waals surface area contributed by atoms with Gasteiger partial charge in [-0.15, -0.1) is 0 Å². The molecule has 1 fully saturated rings. The zero-order valence-corrected chi connectivity index (χ0v) is 15.2. The highest BCUT2D eigenvalue weighted by molar-refractivity contribution is 5.91. The monoisotopic (exact) mass is 349 g/mol. The van der Waals surface area contributed by atoms with Crippen LogP contribution in [0.5, 0.6) is 0 Å². The van der Waals surface area contributed by atoms with Gasteiger partial charge in [0.05, 0.1) is 18.8 Å². The molecule has 1 aromatic carbocycles. The van der Waals surface area contributed by atoms with Crippen molar-refractivity contribution in [1.82, 2.24) is 5.32 Å². The first-order valence-corrected chi connectivity index (χ1v) is 9.05. The molecule has 1 atom stereocenters. The predicted octanol–water partition coefficient (Wildman–Crippen LogP) is 0.563. The van der Waals surface area contributed by atoms with Crippen molar-refractivity contribution >= 4 is 11.9 Å². The molecule has 25 heavy (non-hydrogen) atoms. The van der Waals surface area contributed by atoms with Crippen LogP contribution in [-0.4, -0.2) is 50.8 Å². The molecule has 1 amide bonds. The largest absolute Gasteiger partial charge is 0.452 e. The van der Waals surface area contributed by atoms with E-state index >= 15 is 0 Å². The third kappa shape index (κ3) is 6.84. The van der Waals surface area contributed by atoms with Crippen LogP contribution in [0.15, 0.2) is 24.3 Å². The average molecular weight is 349 g/mol. The van der Waals surface area contributed by atoms with Gasteiger partial charge in [-0.2, -0.15) is 0 Å². The van der Waals surface area contributed by atoms with Crippen LogP contribution in [0.1, 0.15) is 42.6 Å². The first-order chi connectivity index (χ1) is 12.1. The molecule has 0 radical (unpaired) electrons. The molecule has 0 spiro atoms. The van der Waals surface area contributed by atoms with Crippen LogP contribution in [0.2, 0.25) is 0 Å². The summed E-state index contributed by atoms with van der Waals surface area (Å²) < 4.78 is 10.4. The predicted molar refractivity (Wildman–Crippen MR) is 94.5 cm³/mol. The van der Waals surface area contributed by atoms with Gasteiger partial charge in [0.25, 0.3) is 5.91 Å². The molecule has 0 aromatic heterocycles. The van der Waals surface area contributed by atoms with Crippen molar-refractivity contribution in [2.45, 2.75) is 39.3 Å². The lowest BCUT2D eigenvalue weighted by atomic mass is 10.1. The number of morpholine rings is 1. The van der Waals surface area contributed by atoms with Gasteiger partial charge in [0.15, 0.2) is 6.61 Å². The van der Waals surface area contributed by atoms with E-state index < -0.39 is 5.97 Å². The first-order valence-electron chi connectivity index (χ1n) is 9.05. The molecule has 2 rings (SSSR count). The van der Waals surface area contributed by atoms with Gasteiger partial charge >= 0.3 is 5.97 Å². The first kappa shape index (κ1) is 19.4. The Bertz CT molecular complexity index is 553. The Morgan fingerprint density at radius 3 is 2.56 bits per heavy atom. The number of carbonyl (C=O) groups is 2. The number of esters is 1. The molecule has 1 aromatic rings. The molecule has 138 valence electrons. The molecule has 1 aliphatic rings. The molecule has 2 N–H and O–H groups in total. The van der Waals surface area contributed by atoms with Crippen molar-refractivity contribution in [3.05, 3.63) is 35.4 Å². The van der Waals surface area contributed by atoms with E-state index in [9.17, 15) is 9.59 Å². The second-order valence-corrected chi connectivity index (χ2v) is 6.57. The van der Waals surface area contributed by atoms with Crippen LogP contribution in [0.4, 0.5) is 0 Å². The lowest BCUT2D eigenvalue weighted by Crippen LogP contribution is -3.12. The molecular formula is C19H29N2O4+. The summed E-state index contributed by atoms with van der Waals surface area (Å²) in [4.78, 5) is 25.3.